The molecular weight excluding hydrogens is 542 g/mol. The molecule has 1 aliphatic heterocycles. The van der Waals surface area contributed by atoms with E-state index in [1.807, 2.05) is 25.1 Å². The number of carbonyl (C=O) groups excluding carboxylic acids is 4. The molecule has 0 bridgehead atoms. The zero-order valence-electron chi connectivity index (χ0n) is 19.7. The Labute approximate surface area is 221 Å². The van der Waals surface area contributed by atoms with E-state index < -0.39 is 17.8 Å². The van der Waals surface area contributed by atoms with Gasteiger partial charge >= 0.3 is 6.03 Å². The van der Waals surface area contributed by atoms with Gasteiger partial charge in [0, 0.05) is 5.69 Å². The lowest BCUT2D eigenvalue weighted by atomic mass is 10.1. The molecule has 5 amide bonds. The Balaban J connectivity index is 1.47. The van der Waals surface area contributed by atoms with Crippen LogP contribution in [0.4, 0.5) is 16.2 Å². The summed E-state index contributed by atoms with van der Waals surface area (Å²) in [4.78, 5) is 51.0. The number of anilines is 2. The molecule has 9 nitrogen and oxygen atoms in total. The van der Waals surface area contributed by atoms with Crippen LogP contribution in [0.25, 0.3) is 6.08 Å². The molecule has 37 heavy (non-hydrogen) atoms. The van der Waals surface area contributed by atoms with Crippen LogP contribution in [-0.4, -0.2) is 37.0 Å². The maximum Gasteiger partial charge on any atom is 0.335 e. The van der Waals surface area contributed by atoms with Crippen molar-refractivity contribution in [3.05, 3.63) is 88.4 Å². The van der Waals surface area contributed by atoms with Crippen LogP contribution >= 0.6 is 15.9 Å². The first-order valence-corrected chi connectivity index (χ1v) is 12.1. The highest BCUT2D eigenvalue weighted by Gasteiger charge is 2.36. The Kier molecular flexibility index (Phi) is 7.99. The van der Waals surface area contributed by atoms with Gasteiger partial charge in [-0.3, -0.25) is 19.7 Å². The summed E-state index contributed by atoms with van der Waals surface area (Å²) in [6.45, 7) is 2.11. The van der Waals surface area contributed by atoms with Crippen LogP contribution in [0.5, 0.6) is 11.5 Å². The van der Waals surface area contributed by atoms with Gasteiger partial charge in [-0.15, -0.1) is 0 Å². The standard InChI is InChI=1S/C27H22BrN3O6/c1-2-36-20-11-9-19(10-12-20)31-26(34)21(25(33)30-27(31)35)14-17-8-13-23(22(28)15-17)37-16-24(32)29-18-6-4-3-5-7-18/h3-15H,2,16H2,1H3,(H,29,32)(H,30,33,35)/b21-14+. The molecule has 2 N–H and O–H groups in total. The maximum absolute atomic E-state index is 13.1. The van der Waals surface area contributed by atoms with Crippen LogP contribution < -0.4 is 25.0 Å². The highest BCUT2D eigenvalue weighted by molar-refractivity contribution is 9.10. The molecule has 0 radical (unpaired) electrons. The van der Waals surface area contributed by atoms with Gasteiger partial charge in [-0.1, -0.05) is 24.3 Å². The van der Waals surface area contributed by atoms with E-state index in [4.69, 9.17) is 9.47 Å². The molecule has 0 aromatic heterocycles. The van der Waals surface area contributed by atoms with Crippen molar-refractivity contribution in [2.24, 2.45) is 0 Å². The van der Waals surface area contributed by atoms with E-state index in [1.54, 1.807) is 54.6 Å². The summed E-state index contributed by atoms with van der Waals surface area (Å²) in [6, 6.07) is 19.4. The fourth-order valence-corrected chi connectivity index (χ4v) is 4.01. The van der Waals surface area contributed by atoms with Crippen LogP contribution in [0.2, 0.25) is 0 Å². The van der Waals surface area contributed by atoms with E-state index in [-0.39, 0.29) is 18.1 Å². The van der Waals surface area contributed by atoms with Gasteiger partial charge in [-0.2, -0.15) is 0 Å². The molecule has 3 aromatic rings. The number of amides is 5. The molecule has 10 heteroatoms. The summed E-state index contributed by atoms with van der Waals surface area (Å²) in [6.07, 6.45) is 1.38. The van der Waals surface area contributed by atoms with E-state index in [0.717, 1.165) is 4.90 Å². The van der Waals surface area contributed by atoms with Crippen molar-refractivity contribution in [3.8, 4) is 11.5 Å². The van der Waals surface area contributed by atoms with E-state index in [0.29, 0.717) is 39.5 Å². The third-order valence-corrected chi connectivity index (χ3v) is 5.81. The number of imide groups is 2. The quantitative estimate of drug-likeness (QED) is 0.307. The lowest BCUT2D eigenvalue weighted by Crippen LogP contribution is -2.54. The number of ether oxygens (including phenoxy) is 2. The smallest absolute Gasteiger partial charge is 0.335 e. The fraction of sp³-hybridized carbons (Fsp3) is 0.111. The van der Waals surface area contributed by atoms with Crippen LogP contribution in [0.1, 0.15) is 12.5 Å². The predicted octanol–water partition coefficient (Wildman–Crippen LogP) is 4.53. The average Bonchev–Trinajstić information content (AvgIpc) is 2.88. The number of barbiturate groups is 1. The van der Waals surface area contributed by atoms with Gasteiger partial charge in [0.25, 0.3) is 17.7 Å². The Morgan fingerprint density at radius 2 is 1.73 bits per heavy atom. The molecule has 188 valence electrons. The second-order valence-electron chi connectivity index (χ2n) is 7.78. The van der Waals surface area contributed by atoms with Crippen molar-refractivity contribution in [2.45, 2.75) is 6.92 Å². The normalized spacial score (nSPS) is 14.4. The lowest BCUT2D eigenvalue weighted by molar-refractivity contribution is -0.122. The van der Waals surface area contributed by atoms with Gasteiger partial charge in [0.15, 0.2) is 6.61 Å². The number of carbonyl (C=O) groups is 4. The number of halogens is 1. The molecule has 0 spiro atoms. The molecule has 1 saturated heterocycles. The van der Waals surface area contributed by atoms with Crippen molar-refractivity contribution in [3.63, 3.8) is 0 Å². The monoisotopic (exact) mass is 563 g/mol. The molecule has 4 rings (SSSR count). The van der Waals surface area contributed by atoms with Gasteiger partial charge in [0.05, 0.1) is 16.8 Å². The van der Waals surface area contributed by atoms with E-state index in [9.17, 15) is 19.2 Å². The van der Waals surface area contributed by atoms with Crippen molar-refractivity contribution < 1.29 is 28.7 Å². The second-order valence-corrected chi connectivity index (χ2v) is 8.63. The number of hydrogen-bond acceptors (Lipinski definition) is 6. The summed E-state index contributed by atoms with van der Waals surface area (Å²) in [5.74, 6) is -0.894. The number of benzene rings is 3. The van der Waals surface area contributed by atoms with Crippen molar-refractivity contribution >= 4 is 57.1 Å². The maximum atomic E-state index is 13.1. The summed E-state index contributed by atoms with van der Waals surface area (Å²) in [5.41, 5.74) is 1.25. The summed E-state index contributed by atoms with van der Waals surface area (Å²) >= 11 is 3.39. The number of nitrogens with zero attached hydrogens (tertiary/aromatic N) is 1. The van der Waals surface area contributed by atoms with Crippen LogP contribution in [0, 0.1) is 0 Å². The molecule has 1 fully saturated rings. The first kappa shape index (κ1) is 25.6. The molecule has 1 heterocycles. The second kappa shape index (κ2) is 11.5. The average molecular weight is 564 g/mol. The Morgan fingerprint density at radius 1 is 1.00 bits per heavy atom. The van der Waals surface area contributed by atoms with Crippen molar-refractivity contribution in [2.75, 3.05) is 23.4 Å². The molecule has 3 aromatic carbocycles. The largest absolute Gasteiger partial charge is 0.494 e. The Morgan fingerprint density at radius 3 is 2.41 bits per heavy atom. The molecule has 0 aliphatic carbocycles. The van der Waals surface area contributed by atoms with Gasteiger partial charge < -0.3 is 14.8 Å². The van der Waals surface area contributed by atoms with Crippen molar-refractivity contribution in [1.29, 1.82) is 0 Å². The summed E-state index contributed by atoms with van der Waals surface area (Å²) in [7, 11) is 0. The third kappa shape index (κ3) is 6.22. The highest BCUT2D eigenvalue weighted by Crippen LogP contribution is 2.29. The van der Waals surface area contributed by atoms with Gasteiger partial charge in [0.1, 0.15) is 17.1 Å². The minimum atomic E-state index is -0.838. The zero-order chi connectivity index (χ0) is 26.4. The number of hydrogen-bond donors (Lipinski definition) is 2. The number of rotatable bonds is 8. The summed E-state index contributed by atoms with van der Waals surface area (Å²) < 4.78 is 11.5. The van der Waals surface area contributed by atoms with E-state index in [2.05, 4.69) is 26.6 Å². The number of urea groups is 1. The van der Waals surface area contributed by atoms with Gasteiger partial charge in [-0.25, -0.2) is 9.69 Å². The first-order chi connectivity index (χ1) is 17.9. The minimum absolute atomic E-state index is 0.212. The number of para-hydroxylation sites is 1. The zero-order valence-corrected chi connectivity index (χ0v) is 21.3. The molecule has 0 unspecified atom stereocenters. The molecular formula is C27H22BrN3O6. The lowest BCUT2D eigenvalue weighted by Gasteiger charge is -2.26. The van der Waals surface area contributed by atoms with Crippen LogP contribution in [0.3, 0.4) is 0 Å². The van der Waals surface area contributed by atoms with Crippen LogP contribution in [-0.2, 0) is 14.4 Å². The van der Waals surface area contributed by atoms with Gasteiger partial charge in [0.2, 0.25) is 0 Å². The molecule has 0 atom stereocenters. The molecule has 0 saturated carbocycles. The molecule has 1 aliphatic rings. The number of nitrogens with one attached hydrogen (secondary N) is 2. The van der Waals surface area contributed by atoms with Gasteiger partial charge in [-0.05, 0) is 83.0 Å². The third-order valence-electron chi connectivity index (χ3n) is 5.19. The fourth-order valence-electron chi connectivity index (χ4n) is 3.50. The van der Waals surface area contributed by atoms with E-state index in [1.165, 1.54) is 6.08 Å². The summed E-state index contributed by atoms with van der Waals surface area (Å²) in [5, 5.41) is 4.92. The van der Waals surface area contributed by atoms with E-state index >= 15 is 0 Å². The highest BCUT2D eigenvalue weighted by atomic mass is 79.9. The van der Waals surface area contributed by atoms with Crippen LogP contribution in [0.15, 0.2) is 82.8 Å². The SMILES string of the molecule is CCOc1ccc(N2C(=O)NC(=O)/C(=C\c3ccc(OCC(=O)Nc4ccccc4)c(Br)c3)C2=O)cc1. The predicted molar refractivity (Wildman–Crippen MR) is 141 cm³/mol. The minimum Gasteiger partial charge on any atom is -0.494 e. The first-order valence-electron chi connectivity index (χ1n) is 11.3. The van der Waals surface area contributed by atoms with Crippen molar-refractivity contribution in [1.82, 2.24) is 5.32 Å². The Bertz CT molecular complexity index is 1370. The Hall–Kier alpha value is -4.44. The topological polar surface area (TPSA) is 114 Å².